The molecule has 1 fully saturated rings. The van der Waals surface area contributed by atoms with E-state index in [0.29, 0.717) is 0 Å². The van der Waals surface area contributed by atoms with E-state index in [9.17, 15) is 10.1 Å². The molecule has 1 heterocycles. The van der Waals surface area contributed by atoms with Gasteiger partial charge in [0.05, 0.1) is 4.92 Å². The third kappa shape index (κ3) is 2.27. The van der Waals surface area contributed by atoms with Crippen LogP contribution in [0.25, 0.3) is 0 Å². The molecule has 1 saturated heterocycles. The van der Waals surface area contributed by atoms with Crippen LogP contribution in [0, 0.1) is 10.1 Å². The average Bonchev–Trinajstić information content (AvgIpc) is 2.13. The maximum absolute atomic E-state index is 10.7. The predicted octanol–water partition coefficient (Wildman–Crippen LogP) is 2.45. The Labute approximate surface area is 92.6 Å². The topological polar surface area (TPSA) is 46.4 Å². The number of benzene rings is 1. The van der Waals surface area contributed by atoms with Gasteiger partial charge in [-0.05, 0) is 31.1 Å². The molecule has 0 spiro atoms. The second-order valence-corrected chi connectivity index (χ2v) is 4.08. The Hall–Kier alpha value is -1.13. The number of halogens is 1. The van der Waals surface area contributed by atoms with Crippen LogP contribution in [-0.2, 0) is 6.54 Å². The number of hydrogen-bond donors (Lipinski definition) is 0. The van der Waals surface area contributed by atoms with Crippen molar-refractivity contribution in [2.75, 3.05) is 13.1 Å². The summed E-state index contributed by atoms with van der Waals surface area (Å²) in [7, 11) is 0. The maximum Gasteiger partial charge on any atom is 0.288 e. The lowest BCUT2D eigenvalue weighted by molar-refractivity contribution is -0.384. The van der Waals surface area contributed by atoms with E-state index in [1.807, 2.05) is 6.07 Å². The third-order valence-corrected chi connectivity index (χ3v) is 2.88. The van der Waals surface area contributed by atoms with Crippen LogP contribution in [-0.4, -0.2) is 22.9 Å². The normalized spacial score (nSPS) is 16.1. The van der Waals surface area contributed by atoms with Crippen molar-refractivity contribution in [1.29, 1.82) is 0 Å². The van der Waals surface area contributed by atoms with Crippen LogP contribution in [0.5, 0.6) is 0 Å². The van der Waals surface area contributed by atoms with Crippen LogP contribution < -0.4 is 0 Å². The van der Waals surface area contributed by atoms with Crippen LogP contribution in [0.15, 0.2) is 18.2 Å². The summed E-state index contributed by atoms with van der Waals surface area (Å²) in [4.78, 5) is 12.5. The lowest BCUT2D eigenvalue weighted by atomic mass is 10.1. The number of nitrogens with zero attached hydrogens (tertiary/aromatic N) is 2. The first kappa shape index (κ1) is 10.4. The molecule has 0 saturated carbocycles. The molecule has 0 amide bonds. The van der Waals surface area contributed by atoms with Gasteiger partial charge >= 0.3 is 0 Å². The predicted molar refractivity (Wildman–Crippen MR) is 58.0 cm³/mol. The molecular formula is C10H11ClN2O2. The minimum absolute atomic E-state index is 0.00492. The van der Waals surface area contributed by atoms with Crippen LogP contribution in [0.1, 0.15) is 12.0 Å². The summed E-state index contributed by atoms with van der Waals surface area (Å²) in [5.74, 6) is 0. The molecule has 15 heavy (non-hydrogen) atoms. The Bertz CT molecular complexity index is 391. The van der Waals surface area contributed by atoms with Crippen LogP contribution >= 0.6 is 11.6 Å². The molecular weight excluding hydrogens is 216 g/mol. The highest BCUT2D eigenvalue weighted by Gasteiger charge is 2.17. The Morgan fingerprint density at radius 3 is 2.73 bits per heavy atom. The Morgan fingerprint density at radius 1 is 1.47 bits per heavy atom. The van der Waals surface area contributed by atoms with E-state index in [0.717, 1.165) is 25.2 Å². The lowest BCUT2D eigenvalue weighted by Gasteiger charge is -2.30. The van der Waals surface area contributed by atoms with E-state index in [-0.39, 0.29) is 10.7 Å². The zero-order valence-corrected chi connectivity index (χ0v) is 8.91. The van der Waals surface area contributed by atoms with Crippen molar-refractivity contribution >= 4 is 17.3 Å². The Kier molecular flexibility index (Phi) is 2.88. The standard InChI is InChI=1S/C10H11ClN2O2/c11-9-3-2-8(6-10(9)13(14)15)7-12-4-1-5-12/h2-3,6H,1,4-5,7H2. The Morgan fingerprint density at radius 2 is 2.20 bits per heavy atom. The molecule has 0 unspecified atom stereocenters. The fourth-order valence-corrected chi connectivity index (χ4v) is 1.78. The summed E-state index contributed by atoms with van der Waals surface area (Å²) in [6.07, 6.45) is 1.22. The van der Waals surface area contributed by atoms with Gasteiger partial charge in [-0.2, -0.15) is 0 Å². The molecule has 0 atom stereocenters. The highest BCUT2D eigenvalue weighted by molar-refractivity contribution is 6.32. The highest BCUT2D eigenvalue weighted by Crippen LogP contribution is 2.26. The van der Waals surface area contributed by atoms with Crippen molar-refractivity contribution in [2.24, 2.45) is 0 Å². The summed E-state index contributed by atoms with van der Waals surface area (Å²) in [5, 5.41) is 10.9. The molecule has 0 aromatic heterocycles. The van der Waals surface area contributed by atoms with E-state index in [1.54, 1.807) is 12.1 Å². The number of rotatable bonds is 3. The first-order chi connectivity index (χ1) is 7.16. The minimum atomic E-state index is -0.443. The average molecular weight is 227 g/mol. The molecule has 1 aliphatic heterocycles. The molecule has 0 radical (unpaired) electrons. The summed E-state index contributed by atoms with van der Waals surface area (Å²) in [6.45, 7) is 2.94. The van der Waals surface area contributed by atoms with Gasteiger partial charge in [-0.15, -0.1) is 0 Å². The van der Waals surface area contributed by atoms with E-state index in [2.05, 4.69) is 4.90 Å². The van der Waals surface area contributed by atoms with E-state index >= 15 is 0 Å². The second kappa shape index (κ2) is 4.16. The molecule has 0 bridgehead atoms. The molecule has 1 aromatic rings. The number of nitro groups is 1. The molecule has 0 N–H and O–H groups in total. The SMILES string of the molecule is O=[N+]([O-])c1cc(CN2CCC2)ccc1Cl. The number of nitro benzene ring substituents is 1. The van der Waals surface area contributed by atoms with Gasteiger partial charge in [-0.25, -0.2) is 0 Å². The van der Waals surface area contributed by atoms with Gasteiger partial charge in [0, 0.05) is 12.6 Å². The third-order valence-electron chi connectivity index (χ3n) is 2.56. The van der Waals surface area contributed by atoms with Crippen LogP contribution in [0.4, 0.5) is 5.69 Å². The van der Waals surface area contributed by atoms with Crippen LogP contribution in [0.3, 0.4) is 0 Å². The van der Waals surface area contributed by atoms with Crippen molar-refractivity contribution < 1.29 is 4.92 Å². The fraction of sp³-hybridized carbons (Fsp3) is 0.400. The van der Waals surface area contributed by atoms with Gasteiger partial charge in [-0.3, -0.25) is 15.0 Å². The van der Waals surface area contributed by atoms with Gasteiger partial charge in [0.2, 0.25) is 0 Å². The number of hydrogen-bond acceptors (Lipinski definition) is 3. The van der Waals surface area contributed by atoms with Gasteiger partial charge in [0.1, 0.15) is 5.02 Å². The summed E-state index contributed by atoms with van der Waals surface area (Å²) in [5.41, 5.74) is 0.945. The largest absolute Gasteiger partial charge is 0.299 e. The molecule has 1 aromatic carbocycles. The molecule has 0 aliphatic carbocycles. The maximum atomic E-state index is 10.7. The molecule has 80 valence electrons. The zero-order valence-electron chi connectivity index (χ0n) is 8.15. The molecule has 5 heteroatoms. The number of likely N-dealkylation sites (tertiary alicyclic amines) is 1. The molecule has 4 nitrogen and oxygen atoms in total. The second-order valence-electron chi connectivity index (χ2n) is 3.67. The monoisotopic (exact) mass is 226 g/mol. The summed E-state index contributed by atoms with van der Waals surface area (Å²) < 4.78 is 0. The zero-order chi connectivity index (χ0) is 10.8. The smallest absolute Gasteiger partial charge is 0.288 e. The minimum Gasteiger partial charge on any atom is -0.299 e. The van der Waals surface area contributed by atoms with E-state index < -0.39 is 4.92 Å². The first-order valence-corrected chi connectivity index (χ1v) is 5.20. The van der Waals surface area contributed by atoms with Gasteiger partial charge in [0.15, 0.2) is 0 Å². The quantitative estimate of drug-likeness (QED) is 0.588. The first-order valence-electron chi connectivity index (χ1n) is 4.82. The lowest BCUT2D eigenvalue weighted by Crippen LogP contribution is -2.36. The van der Waals surface area contributed by atoms with Crippen molar-refractivity contribution in [1.82, 2.24) is 4.90 Å². The van der Waals surface area contributed by atoms with Gasteiger partial charge < -0.3 is 0 Å². The van der Waals surface area contributed by atoms with E-state index in [4.69, 9.17) is 11.6 Å². The van der Waals surface area contributed by atoms with Crippen LogP contribution in [0.2, 0.25) is 5.02 Å². The van der Waals surface area contributed by atoms with E-state index in [1.165, 1.54) is 6.42 Å². The molecule has 1 aliphatic rings. The van der Waals surface area contributed by atoms with Gasteiger partial charge in [-0.1, -0.05) is 17.7 Å². The highest BCUT2D eigenvalue weighted by atomic mass is 35.5. The van der Waals surface area contributed by atoms with Crippen molar-refractivity contribution in [2.45, 2.75) is 13.0 Å². The van der Waals surface area contributed by atoms with Crippen molar-refractivity contribution in [3.63, 3.8) is 0 Å². The van der Waals surface area contributed by atoms with Crippen molar-refractivity contribution in [3.8, 4) is 0 Å². The van der Waals surface area contributed by atoms with Crippen molar-refractivity contribution in [3.05, 3.63) is 38.9 Å². The Balaban J connectivity index is 2.17. The summed E-state index contributed by atoms with van der Waals surface area (Å²) >= 11 is 5.72. The molecule has 2 rings (SSSR count). The van der Waals surface area contributed by atoms with Gasteiger partial charge in [0.25, 0.3) is 5.69 Å². The fourth-order valence-electron chi connectivity index (χ4n) is 1.59. The summed E-state index contributed by atoms with van der Waals surface area (Å²) in [6, 6.07) is 4.99.